The third-order valence-corrected chi connectivity index (χ3v) is 9.65. The summed E-state index contributed by atoms with van der Waals surface area (Å²) in [6.07, 6.45) is 46.1. The SMILES string of the molecule is CCCCCCCCCCCCCCCCCCOCCCCCCCCCCCCCCCCCC.O=S(=O)(O)CCCO. The van der Waals surface area contributed by atoms with Crippen LogP contribution < -0.4 is 0 Å². The molecule has 0 unspecified atom stereocenters. The normalized spacial score (nSPS) is 11.6. The summed E-state index contributed by atoms with van der Waals surface area (Å²) in [7, 11) is -3.85. The number of ether oxygens (including phenoxy) is 1. The summed E-state index contributed by atoms with van der Waals surface area (Å²) in [5.74, 6) is -0.358. The number of aliphatic hydroxyl groups is 1. The second-order valence-electron chi connectivity index (χ2n) is 13.6. The van der Waals surface area contributed by atoms with Gasteiger partial charge in [0.2, 0.25) is 0 Å². The Kier molecular flexibility index (Phi) is 43.7. The summed E-state index contributed by atoms with van der Waals surface area (Å²) < 4.78 is 33.6. The molecule has 0 rings (SSSR count). The standard InChI is InChI=1S/C36H74O.C3H8O4S/c1-3-5-7-9-11-13-15-17-19-21-23-25-27-29-31-33-35-37-36-34-32-30-28-26-24-22-20-18-16-14-12-10-8-6-4-2;4-2-1-3-8(5,6)7/h3-36H2,1-2H3;4H,1-3H2,(H,5,6,7). The second kappa shape index (κ2) is 41.9. The third kappa shape index (κ3) is 50.9. The van der Waals surface area contributed by atoms with Gasteiger partial charge in [-0.25, -0.2) is 0 Å². The number of rotatable bonds is 37. The Morgan fingerprint density at radius 2 is 0.600 bits per heavy atom. The predicted octanol–water partition coefficient (Wildman–Crippen LogP) is 12.8. The molecule has 5 nitrogen and oxygen atoms in total. The Labute approximate surface area is 283 Å². The first-order valence-corrected chi connectivity index (χ1v) is 21.7. The lowest BCUT2D eigenvalue weighted by atomic mass is 10.0. The molecule has 0 aromatic heterocycles. The molecule has 0 radical (unpaired) electrons. The minimum Gasteiger partial charge on any atom is -0.396 e. The largest absolute Gasteiger partial charge is 0.396 e. The maximum absolute atomic E-state index is 9.83. The molecule has 2 N–H and O–H groups in total. The molecular formula is C39H82O5S. The Bertz CT molecular complexity index is 577. The average molecular weight is 663 g/mol. The molecule has 0 aliphatic carbocycles. The highest BCUT2D eigenvalue weighted by Crippen LogP contribution is 2.15. The van der Waals surface area contributed by atoms with Gasteiger partial charge < -0.3 is 9.84 Å². The van der Waals surface area contributed by atoms with E-state index in [-0.39, 0.29) is 18.8 Å². The van der Waals surface area contributed by atoms with Crippen molar-refractivity contribution in [2.24, 2.45) is 0 Å². The van der Waals surface area contributed by atoms with Crippen LogP contribution in [0, 0.1) is 0 Å². The van der Waals surface area contributed by atoms with E-state index in [0.29, 0.717) is 0 Å². The number of aliphatic hydroxyl groups excluding tert-OH is 1. The molecular weight excluding hydrogens is 580 g/mol. The van der Waals surface area contributed by atoms with Crippen molar-refractivity contribution in [2.75, 3.05) is 25.6 Å². The zero-order chi connectivity index (χ0) is 33.4. The zero-order valence-corrected chi connectivity index (χ0v) is 31.5. The molecule has 0 spiro atoms. The van der Waals surface area contributed by atoms with E-state index < -0.39 is 10.1 Å². The first kappa shape index (κ1) is 46.9. The van der Waals surface area contributed by atoms with Gasteiger partial charge in [0, 0.05) is 19.8 Å². The van der Waals surface area contributed by atoms with E-state index in [9.17, 15) is 8.42 Å². The van der Waals surface area contributed by atoms with E-state index >= 15 is 0 Å². The van der Waals surface area contributed by atoms with Gasteiger partial charge in [-0.15, -0.1) is 0 Å². The number of hydrogen-bond donors (Lipinski definition) is 2. The molecule has 274 valence electrons. The zero-order valence-electron chi connectivity index (χ0n) is 30.7. The van der Waals surface area contributed by atoms with Gasteiger partial charge in [-0.3, -0.25) is 4.55 Å². The Morgan fingerprint density at radius 1 is 0.378 bits per heavy atom. The van der Waals surface area contributed by atoms with E-state index in [1.54, 1.807) is 0 Å². The number of unbranched alkanes of at least 4 members (excludes halogenated alkanes) is 30. The quantitative estimate of drug-likeness (QED) is 0.0511. The molecule has 0 bridgehead atoms. The van der Waals surface area contributed by atoms with Gasteiger partial charge >= 0.3 is 0 Å². The molecule has 0 saturated carbocycles. The lowest BCUT2D eigenvalue weighted by Gasteiger charge is -2.06. The maximum atomic E-state index is 9.83. The van der Waals surface area contributed by atoms with Crippen molar-refractivity contribution in [3.05, 3.63) is 0 Å². The van der Waals surface area contributed by atoms with Gasteiger partial charge in [0.25, 0.3) is 10.1 Å². The first-order valence-electron chi connectivity index (χ1n) is 20.1. The molecule has 0 fully saturated rings. The summed E-state index contributed by atoms with van der Waals surface area (Å²) in [4.78, 5) is 0. The molecule has 0 atom stereocenters. The molecule has 0 heterocycles. The van der Waals surface area contributed by atoms with Crippen LogP contribution in [-0.2, 0) is 14.9 Å². The van der Waals surface area contributed by atoms with Crippen LogP contribution in [0.4, 0.5) is 0 Å². The van der Waals surface area contributed by atoms with Gasteiger partial charge in [0.15, 0.2) is 0 Å². The van der Waals surface area contributed by atoms with Gasteiger partial charge in [0.05, 0.1) is 5.75 Å². The minimum atomic E-state index is -3.85. The summed E-state index contributed by atoms with van der Waals surface area (Å²) in [6.45, 7) is 6.39. The van der Waals surface area contributed by atoms with Crippen LogP contribution >= 0.6 is 0 Å². The van der Waals surface area contributed by atoms with Crippen LogP contribution in [0.2, 0.25) is 0 Å². The Morgan fingerprint density at radius 3 is 0.778 bits per heavy atom. The molecule has 0 aromatic carbocycles. The van der Waals surface area contributed by atoms with Gasteiger partial charge in [-0.05, 0) is 19.3 Å². The molecule has 45 heavy (non-hydrogen) atoms. The van der Waals surface area contributed by atoms with Crippen molar-refractivity contribution < 1.29 is 22.8 Å². The molecule has 0 aliphatic rings. The maximum Gasteiger partial charge on any atom is 0.264 e. The van der Waals surface area contributed by atoms with Crippen LogP contribution in [0.3, 0.4) is 0 Å². The fraction of sp³-hybridized carbons (Fsp3) is 1.00. The van der Waals surface area contributed by atoms with Crippen LogP contribution in [0.15, 0.2) is 0 Å². The van der Waals surface area contributed by atoms with Gasteiger partial charge in [-0.2, -0.15) is 8.42 Å². The number of hydrogen-bond acceptors (Lipinski definition) is 4. The van der Waals surface area contributed by atoms with E-state index in [1.807, 2.05) is 0 Å². The van der Waals surface area contributed by atoms with Crippen LogP contribution in [0.1, 0.15) is 226 Å². The summed E-state index contributed by atoms with van der Waals surface area (Å²) in [5, 5.41) is 8.05. The average Bonchev–Trinajstić information content (AvgIpc) is 3.02. The lowest BCUT2D eigenvalue weighted by molar-refractivity contribution is 0.125. The first-order chi connectivity index (χ1) is 22.0. The van der Waals surface area contributed by atoms with Crippen molar-refractivity contribution in [1.29, 1.82) is 0 Å². The summed E-state index contributed by atoms with van der Waals surface area (Å²) in [6, 6.07) is 0. The molecule has 6 heteroatoms. The molecule has 0 aliphatic heterocycles. The third-order valence-electron chi connectivity index (χ3n) is 8.84. The van der Waals surface area contributed by atoms with E-state index in [2.05, 4.69) is 13.8 Å². The lowest BCUT2D eigenvalue weighted by Crippen LogP contribution is -2.04. The Hall–Kier alpha value is -0.170. The molecule has 0 amide bonds. The topological polar surface area (TPSA) is 83.8 Å². The van der Waals surface area contributed by atoms with Crippen LogP contribution in [0.5, 0.6) is 0 Å². The minimum absolute atomic E-state index is 0.0961. The van der Waals surface area contributed by atoms with E-state index in [0.717, 1.165) is 13.2 Å². The summed E-state index contributed by atoms with van der Waals surface area (Å²) in [5.41, 5.74) is 0. The van der Waals surface area contributed by atoms with Gasteiger partial charge in [0.1, 0.15) is 0 Å². The van der Waals surface area contributed by atoms with E-state index in [1.165, 1.54) is 205 Å². The summed E-state index contributed by atoms with van der Waals surface area (Å²) >= 11 is 0. The Balaban J connectivity index is 0. The monoisotopic (exact) mass is 663 g/mol. The highest BCUT2D eigenvalue weighted by molar-refractivity contribution is 7.85. The van der Waals surface area contributed by atoms with Crippen molar-refractivity contribution in [2.45, 2.75) is 226 Å². The second-order valence-corrected chi connectivity index (χ2v) is 15.2. The van der Waals surface area contributed by atoms with Crippen molar-refractivity contribution in [3.8, 4) is 0 Å². The highest BCUT2D eigenvalue weighted by Gasteiger charge is 2.01. The van der Waals surface area contributed by atoms with Crippen LogP contribution in [-0.4, -0.2) is 43.7 Å². The molecule has 0 saturated heterocycles. The van der Waals surface area contributed by atoms with Crippen molar-refractivity contribution >= 4 is 10.1 Å². The highest BCUT2D eigenvalue weighted by atomic mass is 32.2. The van der Waals surface area contributed by atoms with Crippen LogP contribution in [0.25, 0.3) is 0 Å². The smallest absolute Gasteiger partial charge is 0.264 e. The van der Waals surface area contributed by atoms with Crippen molar-refractivity contribution in [3.63, 3.8) is 0 Å². The predicted molar refractivity (Wildman–Crippen MR) is 198 cm³/mol. The fourth-order valence-corrected chi connectivity index (χ4v) is 6.35. The van der Waals surface area contributed by atoms with E-state index in [4.69, 9.17) is 14.4 Å². The molecule has 0 aromatic rings. The van der Waals surface area contributed by atoms with Crippen molar-refractivity contribution in [1.82, 2.24) is 0 Å². The van der Waals surface area contributed by atoms with Gasteiger partial charge in [-0.1, -0.05) is 206 Å². The fourth-order valence-electron chi connectivity index (χ4n) is 5.85.